The molecule has 100 valence electrons. The summed E-state index contributed by atoms with van der Waals surface area (Å²) in [6.45, 7) is 3.38. The van der Waals surface area contributed by atoms with Crippen LogP contribution in [-0.4, -0.2) is 32.0 Å². The van der Waals surface area contributed by atoms with E-state index in [4.69, 9.17) is 10.7 Å². The van der Waals surface area contributed by atoms with Crippen LogP contribution < -0.4 is 0 Å². The number of nitrogens with zero attached hydrogens (tertiary/aromatic N) is 4. The summed E-state index contributed by atoms with van der Waals surface area (Å²) in [5, 5.41) is 25.1. The molecular weight excluding hydrogens is 262 g/mol. The Bertz CT molecular complexity index is 555. The highest BCUT2D eigenvalue weighted by Gasteiger charge is 2.29. The number of nitrogens with one attached hydrogen (secondary N) is 1. The molecule has 19 heavy (non-hydrogen) atoms. The van der Waals surface area contributed by atoms with Crippen LogP contribution in [-0.2, 0) is 4.79 Å². The highest BCUT2D eigenvalue weighted by atomic mass is 32.2. The lowest BCUT2D eigenvalue weighted by molar-refractivity contribution is -0.117. The maximum Gasteiger partial charge on any atom is 0.191 e. The first-order chi connectivity index (χ1) is 9.04. The van der Waals surface area contributed by atoms with Crippen LogP contribution in [0.5, 0.6) is 0 Å². The fourth-order valence-corrected chi connectivity index (χ4v) is 2.79. The molecule has 0 aliphatic heterocycles. The molecule has 0 unspecified atom stereocenters. The van der Waals surface area contributed by atoms with Gasteiger partial charge in [0, 0.05) is 11.8 Å². The minimum Gasteiger partial charge on any atom is -0.308 e. The molecule has 1 heterocycles. The van der Waals surface area contributed by atoms with E-state index in [0.29, 0.717) is 6.04 Å². The number of aryl methyl sites for hydroxylation is 1. The molecule has 1 saturated carbocycles. The Labute approximate surface area is 115 Å². The third-order valence-corrected chi connectivity index (χ3v) is 3.94. The van der Waals surface area contributed by atoms with Crippen molar-refractivity contribution in [1.29, 1.82) is 10.7 Å². The molecule has 2 rings (SSSR count). The third kappa shape index (κ3) is 3.01. The maximum absolute atomic E-state index is 11.9. The van der Waals surface area contributed by atoms with E-state index in [9.17, 15) is 4.79 Å². The number of carbonyl (C=O) groups is 1. The molecule has 0 amide bonds. The summed E-state index contributed by atoms with van der Waals surface area (Å²) in [4.78, 5) is 11.9. The minimum atomic E-state index is -0.939. The Hall–Kier alpha value is -1.68. The molecular formula is C12H15N5OS. The summed E-state index contributed by atoms with van der Waals surface area (Å²) < 4.78 is 2.05. The van der Waals surface area contributed by atoms with Crippen molar-refractivity contribution >= 4 is 23.3 Å². The zero-order chi connectivity index (χ0) is 14.0. The zero-order valence-corrected chi connectivity index (χ0v) is 11.7. The predicted molar refractivity (Wildman–Crippen MR) is 71.3 cm³/mol. The molecule has 1 N–H and O–H groups in total. The monoisotopic (exact) mass is 277 g/mol. The van der Waals surface area contributed by atoms with Crippen molar-refractivity contribution in [2.45, 2.75) is 37.9 Å². The van der Waals surface area contributed by atoms with Gasteiger partial charge in [-0.25, -0.2) is 0 Å². The maximum atomic E-state index is 11.9. The first kappa shape index (κ1) is 13.7. The minimum absolute atomic E-state index is 0.0907. The summed E-state index contributed by atoms with van der Waals surface area (Å²) in [6, 6.07) is 2.32. The van der Waals surface area contributed by atoms with Gasteiger partial charge in [0.2, 0.25) is 0 Å². The fourth-order valence-electron chi connectivity index (χ4n) is 1.83. The number of nitriles is 1. The number of rotatable bonds is 6. The van der Waals surface area contributed by atoms with Crippen molar-refractivity contribution in [3.05, 3.63) is 5.82 Å². The second-order valence-corrected chi connectivity index (χ2v) is 5.57. The highest BCUT2D eigenvalue weighted by Crippen LogP contribution is 2.38. The second kappa shape index (κ2) is 5.53. The number of aromatic nitrogens is 3. The zero-order valence-electron chi connectivity index (χ0n) is 10.9. The van der Waals surface area contributed by atoms with Gasteiger partial charge < -0.3 is 9.98 Å². The van der Waals surface area contributed by atoms with Gasteiger partial charge >= 0.3 is 0 Å². The lowest BCUT2D eigenvalue weighted by atomic mass is 10.0. The Morgan fingerprint density at radius 2 is 2.32 bits per heavy atom. The topological polar surface area (TPSA) is 95.4 Å². The van der Waals surface area contributed by atoms with E-state index >= 15 is 0 Å². The molecule has 0 aromatic carbocycles. The van der Waals surface area contributed by atoms with Gasteiger partial charge in [-0.05, 0) is 26.7 Å². The molecule has 0 spiro atoms. The van der Waals surface area contributed by atoms with E-state index in [1.807, 2.05) is 13.0 Å². The van der Waals surface area contributed by atoms with Crippen molar-refractivity contribution in [3.63, 3.8) is 0 Å². The molecule has 0 bridgehead atoms. The van der Waals surface area contributed by atoms with Gasteiger partial charge in [-0.3, -0.25) is 4.79 Å². The first-order valence-corrected chi connectivity index (χ1v) is 7.04. The van der Waals surface area contributed by atoms with E-state index in [1.165, 1.54) is 18.7 Å². The van der Waals surface area contributed by atoms with Crippen LogP contribution in [0.25, 0.3) is 0 Å². The molecule has 0 saturated heterocycles. The van der Waals surface area contributed by atoms with Gasteiger partial charge in [0.05, 0.1) is 11.8 Å². The van der Waals surface area contributed by atoms with Crippen molar-refractivity contribution < 1.29 is 4.79 Å². The molecule has 1 aromatic rings. The third-order valence-electron chi connectivity index (χ3n) is 2.97. The molecule has 1 aliphatic rings. The van der Waals surface area contributed by atoms with E-state index in [-0.39, 0.29) is 17.2 Å². The van der Waals surface area contributed by atoms with Crippen LogP contribution in [0.3, 0.4) is 0 Å². The van der Waals surface area contributed by atoms with Crippen molar-refractivity contribution in [2.75, 3.05) is 5.75 Å². The van der Waals surface area contributed by atoms with Gasteiger partial charge in [-0.15, -0.1) is 10.2 Å². The quantitative estimate of drug-likeness (QED) is 0.631. The number of Topliss-reactive ketones (excluding diaryl/α,β-unsaturated/α-hetero) is 1. The number of thioether (sulfide) groups is 1. The summed E-state index contributed by atoms with van der Waals surface area (Å²) in [5.41, 5.74) is 0.0907. The van der Waals surface area contributed by atoms with Crippen molar-refractivity contribution in [1.82, 2.24) is 14.8 Å². The van der Waals surface area contributed by atoms with Gasteiger partial charge in [-0.1, -0.05) is 11.8 Å². The molecule has 1 aliphatic carbocycles. The average Bonchev–Trinajstić information content (AvgIpc) is 3.11. The summed E-state index contributed by atoms with van der Waals surface area (Å²) in [6.07, 6.45) is 2.25. The lowest BCUT2D eigenvalue weighted by Gasteiger charge is -2.07. The number of carbonyl (C=O) groups excluding carboxylic acids is 1. The molecule has 1 aromatic heterocycles. The highest BCUT2D eigenvalue weighted by molar-refractivity contribution is 7.99. The Balaban J connectivity index is 2.01. The average molecular weight is 277 g/mol. The van der Waals surface area contributed by atoms with E-state index in [2.05, 4.69) is 14.8 Å². The van der Waals surface area contributed by atoms with E-state index in [1.54, 1.807) is 0 Å². The van der Waals surface area contributed by atoms with Crippen LogP contribution >= 0.6 is 11.8 Å². The predicted octanol–water partition coefficient (Wildman–Crippen LogP) is 1.76. The van der Waals surface area contributed by atoms with Crippen molar-refractivity contribution in [3.8, 4) is 6.07 Å². The summed E-state index contributed by atoms with van der Waals surface area (Å²) in [7, 11) is 0. The number of hydrogen-bond donors (Lipinski definition) is 1. The van der Waals surface area contributed by atoms with Gasteiger partial charge in [0.1, 0.15) is 11.7 Å². The summed E-state index contributed by atoms with van der Waals surface area (Å²) >= 11 is 1.30. The second-order valence-electron chi connectivity index (χ2n) is 4.63. The summed E-state index contributed by atoms with van der Waals surface area (Å²) in [5.74, 6) is -0.175. The van der Waals surface area contributed by atoms with Crippen LogP contribution in [0.1, 0.15) is 31.6 Å². The Morgan fingerprint density at radius 1 is 1.63 bits per heavy atom. The molecule has 1 fully saturated rings. The van der Waals surface area contributed by atoms with Gasteiger partial charge in [0.25, 0.3) is 0 Å². The SMILES string of the molecule is CC(=N)[C@@H](C#N)C(=O)CSc1nnc(C)n1C1CC1. The van der Waals surface area contributed by atoms with Crippen LogP contribution in [0, 0.1) is 29.6 Å². The molecule has 7 heteroatoms. The van der Waals surface area contributed by atoms with Gasteiger partial charge in [-0.2, -0.15) is 5.26 Å². The van der Waals surface area contributed by atoms with Crippen molar-refractivity contribution in [2.24, 2.45) is 5.92 Å². The largest absolute Gasteiger partial charge is 0.308 e. The van der Waals surface area contributed by atoms with Crippen LogP contribution in [0.2, 0.25) is 0 Å². The molecule has 0 radical (unpaired) electrons. The first-order valence-electron chi connectivity index (χ1n) is 6.06. The number of hydrogen-bond acceptors (Lipinski definition) is 6. The normalized spacial score (nSPS) is 15.8. The molecule has 1 atom stereocenters. The van der Waals surface area contributed by atoms with E-state index < -0.39 is 5.92 Å². The fraction of sp³-hybridized carbons (Fsp3) is 0.583. The van der Waals surface area contributed by atoms with E-state index in [0.717, 1.165) is 23.8 Å². The lowest BCUT2D eigenvalue weighted by Crippen LogP contribution is -2.21. The van der Waals surface area contributed by atoms with Crippen LogP contribution in [0.4, 0.5) is 0 Å². The number of ketones is 1. The molecule has 6 nitrogen and oxygen atoms in total. The Kier molecular flexibility index (Phi) is 4.00. The van der Waals surface area contributed by atoms with Crippen LogP contribution in [0.15, 0.2) is 5.16 Å². The standard InChI is InChI=1S/C12H15N5OS/c1-7(14)10(5-13)11(18)6-19-12-16-15-8(2)17(12)9-3-4-9/h9-10,14H,3-4,6H2,1-2H3/t10-/m1/s1. The Morgan fingerprint density at radius 3 is 2.84 bits per heavy atom. The smallest absolute Gasteiger partial charge is 0.191 e. The van der Waals surface area contributed by atoms with Gasteiger partial charge in [0.15, 0.2) is 10.9 Å².